The zero-order valence-electron chi connectivity index (χ0n) is 10.0. The van der Waals surface area contributed by atoms with Crippen molar-refractivity contribution >= 4 is 0 Å². The van der Waals surface area contributed by atoms with Gasteiger partial charge in [-0.3, -0.25) is 4.79 Å². The predicted octanol–water partition coefficient (Wildman–Crippen LogP) is 2.21. The monoisotopic (exact) mass is 229 g/mol. The Hall–Kier alpha value is -2.03. The lowest BCUT2D eigenvalue weighted by Gasteiger charge is -2.06. The third kappa shape index (κ3) is 2.75. The van der Waals surface area contributed by atoms with Gasteiger partial charge in [0.1, 0.15) is 5.75 Å². The van der Waals surface area contributed by atoms with E-state index >= 15 is 0 Å². The second-order valence-corrected chi connectivity index (χ2v) is 4.02. The molecule has 2 aromatic rings. The van der Waals surface area contributed by atoms with E-state index < -0.39 is 0 Å². The maximum atomic E-state index is 11.7. The van der Waals surface area contributed by atoms with Crippen molar-refractivity contribution in [2.45, 2.75) is 13.5 Å². The van der Waals surface area contributed by atoms with E-state index in [-0.39, 0.29) is 5.56 Å². The first-order valence-corrected chi connectivity index (χ1v) is 5.49. The van der Waals surface area contributed by atoms with E-state index in [1.54, 1.807) is 17.7 Å². The lowest BCUT2D eigenvalue weighted by atomic mass is 10.2. The van der Waals surface area contributed by atoms with E-state index in [9.17, 15) is 4.79 Å². The Bertz CT molecular complexity index is 555. The quantitative estimate of drug-likeness (QED) is 0.808. The lowest BCUT2D eigenvalue weighted by Crippen LogP contribution is -2.19. The molecule has 0 bridgehead atoms. The third-order valence-electron chi connectivity index (χ3n) is 2.66. The molecule has 0 spiro atoms. The molecule has 0 aliphatic heterocycles. The maximum absolute atomic E-state index is 11.7. The van der Waals surface area contributed by atoms with Crippen molar-refractivity contribution in [3.63, 3.8) is 0 Å². The largest absolute Gasteiger partial charge is 0.497 e. The molecule has 0 atom stereocenters. The van der Waals surface area contributed by atoms with Crippen LogP contribution in [0, 0.1) is 6.92 Å². The van der Waals surface area contributed by atoms with Gasteiger partial charge < -0.3 is 9.30 Å². The molecule has 0 N–H and O–H groups in total. The van der Waals surface area contributed by atoms with E-state index in [0.29, 0.717) is 6.54 Å². The number of hydrogen-bond donors (Lipinski definition) is 0. The summed E-state index contributed by atoms with van der Waals surface area (Å²) in [6, 6.07) is 11.3. The average molecular weight is 229 g/mol. The highest BCUT2D eigenvalue weighted by molar-refractivity contribution is 5.27. The number of benzene rings is 1. The zero-order chi connectivity index (χ0) is 12.3. The highest BCUT2D eigenvalue weighted by Crippen LogP contribution is 2.11. The molecular weight excluding hydrogens is 214 g/mol. The van der Waals surface area contributed by atoms with Gasteiger partial charge in [0.25, 0.3) is 5.56 Å². The summed E-state index contributed by atoms with van der Waals surface area (Å²) in [5, 5.41) is 0. The summed E-state index contributed by atoms with van der Waals surface area (Å²) in [6.45, 7) is 2.50. The van der Waals surface area contributed by atoms with Crippen molar-refractivity contribution in [2.24, 2.45) is 0 Å². The summed E-state index contributed by atoms with van der Waals surface area (Å²) in [5.74, 6) is 0.824. The summed E-state index contributed by atoms with van der Waals surface area (Å²) >= 11 is 0. The summed E-state index contributed by atoms with van der Waals surface area (Å²) in [6.07, 6.45) is 1.82. The van der Waals surface area contributed by atoms with Crippen LogP contribution in [-0.4, -0.2) is 11.7 Å². The van der Waals surface area contributed by atoms with Crippen LogP contribution in [0.5, 0.6) is 5.75 Å². The van der Waals surface area contributed by atoms with E-state index in [4.69, 9.17) is 4.74 Å². The summed E-state index contributed by atoms with van der Waals surface area (Å²) in [4.78, 5) is 11.7. The molecule has 0 saturated carbocycles. The molecule has 1 aromatic heterocycles. The van der Waals surface area contributed by atoms with Crippen molar-refractivity contribution in [3.8, 4) is 5.75 Å². The van der Waals surface area contributed by atoms with Gasteiger partial charge in [-0.2, -0.15) is 0 Å². The Kier molecular flexibility index (Phi) is 3.28. The zero-order valence-corrected chi connectivity index (χ0v) is 10.0. The van der Waals surface area contributed by atoms with Crippen molar-refractivity contribution in [2.75, 3.05) is 7.11 Å². The molecule has 2 rings (SSSR count). The number of methoxy groups -OCH3 is 1. The van der Waals surface area contributed by atoms with Crippen molar-refractivity contribution in [1.82, 2.24) is 4.57 Å². The molecule has 0 aliphatic rings. The fraction of sp³-hybridized carbons (Fsp3) is 0.214. The van der Waals surface area contributed by atoms with E-state index in [1.165, 1.54) is 0 Å². The van der Waals surface area contributed by atoms with E-state index in [0.717, 1.165) is 16.9 Å². The van der Waals surface area contributed by atoms with Crippen LogP contribution in [0.2, 0.25) is 0 Å². The van der Waals surface area contributed by atoms with Crippen molar-refractivity contribution < 1.29 is 4.74 Å². The highest BCUT2D eigenvalue weighted by atomic mass is 16.5. The van der Waals surface area contributed by atoms with Gasteiger partial charge in [0, 0.05) is 12.3 Å². The Morgan fingerprint density at radius 2 is 1.88 bits per heavy atom. The third-order valence-corrected chi connectivity index (χ3v) is 2.66. The number of nitrogens with zero attached hydrogens (tertiary/aromatic N) is 1. The molecule has 0 amide bonds. The normalized spacial score (nSPS) is 10.2. The average Bonchev–Trinajstić information content (AvgIpc) is 2.34. The van der Waals surface area contributed by atoms with Crippen molar-refractivity contribution in [1.29, 1.82) is 0 Å². The molecule has 3 heteroatoms. The van der Waals surface area contributed by atoms with Crippen LogP contribution in [-0.2, 0) is 6.54 Å². The van der Waals surface area contributed by atoms with Crippen LogP contribution in [0.15, 0.2) is 47.4 Å². The summed E-state index contributed by atoms with van der Waals surface area (Å²) < 4.78 is 6.78. The number of rotatable bonds is 3. The molecule has 0 unspecified atom stereocenters. The van der Waals surface area contributed by atoms with Gasteiger partial charge in [0.2, 0.25) is 0 Å². The Morgan fingerprint density at radius 3 is 2.47 bits per heavy atom. The first kappa shape index (κ1) is 11.5. The molecule has 0 fully saturated rings. The van der Waals surface area contributed by atoms with Gasteiger partial charge in [0.15, 0.2) is 0 Å². The first-order valence-electron chi connectivity index (χ1n) is 5.49. The number of pyridine rings is 1. The van der Waals surface area contributed by atoms with Gasteiger partial charge in [-0.15, -0.1) is 0 Å². The molecule has 3 nitrogen and oxygen atoms in total. The fourth-order valence-electron chi connectivity index (χ4n) is 1.67. The number of hydrogen-bond acceptors (Lipinski definition) is 2. The van der Waals surface area contributed by atoms with Crippen LogP contribution in [0.25, 0.3) is 0 Å². The van der Waals surface area contributed by atoms with Gasteiger partial charge in [-0.05, 0) is 36.2 Å². The smallest absolute Gasteiger partial charge is 0.251 e. The number of aromatic nitrogens is 1. The minimum Gasteiger partial charge on any atom is -0.497 e. The van der Waals surface area contributed by atoms with Gasteiger partial charge >= 0.3 is 0 Å². The minimum absolute atomic E-state index is 0.0285. The Morgan fingerprint density at radius 1 is 1.18 bits per heavy atom. The Balaban J connectivity index is 2.22. The van der Waals surface area contributed by atoms with Gasteiger partial charge in [0.05, 0.1) is 13.7 Å². The van der Waals surface area contributed by atoms with Crippen LogP contribution >= 0.6 is 0 Å². The summed E-state index contributed by atoms with van der Waals surface area (Å²) in [7, 11) is 1.64. The fourth-order valence-corrected chi connectivity index (χ4v) is 1.67. The molecule has 88 valence electrons. The van der Waals surface area contributed by atoms with Crippen LogP contribution in [0.1, 0.15) is 11.1 Å². The number of aryl methyl sites for hydroxylation is 1. The van der Waals surface area contributed by atoms with Gasteiger partial charge in [-0.1, -0.05) is 12.1 Å². The second-order valence-electron chi connectivity index (χ2n) is 4.02. The first-order chi connectivity index (χ1) is 8.19. The standard InChI is InChI=1S/C14H15NO2/c1-11-7-8-15(14(16)9-11)10-12-3-5-13(17-2)6-4-12/h3-9H,10H2,1-2H3. The van der Waals surface area contributed by atoms with E-state index in [2.05, 4.69) is 0 Å². The second kappa shape index (κ2) is 4.87. The Labute approximate surface area is 100 Å². The molecule has 0 radical (unpaired) electrons. The molecule has 0 aliphatic carbocycles. The molecule has 1 heterocycles. The van der Waals surface area contributed by atoms with Crippen LogP contribution in [0.3, 0.4) is 0 Å². The molecule has 0 saturated heterocycles. The molecular formula is C14H15NO2. The highest BCUT2D eigenvalue weighted by Gasteiger charge is 1.98. The van der Waals surface area contributed by atoms with Crippen LogP contribution in [0.4, 0.5) is 0 Å². The van der Waals surface area contributed by atoms with Crippen LogP contribution < -0.4 is 10.3 Å². The predicted molar refractivity (Wildman–Crippen MR) is 67.5 cm³/mol. The van der Waals surface area contributed by atoms with Gasteiger partial charge in [-0.25, -0.2) is 0 Å². The topological polar surface area (TPSA) is 31.2 Å². The number of ether oxygens (including phenoxy) is 1. The summed E-state index contributed by atoms with van der Waals surface area (Å²) in [5.41, 5.74) is 2.10. The SMILES string of the molecule is COc1ccc(Cn2ccc(C)cc2=O)cc1. The van der Waals surface area contributed by atoms with E-state index in [1.807, 2.05) is 43.5 Å². The maximum Gasteiger partial charge on any atom is 0.251 e. The molecule has 1 aromatic carbocycles. The molecule has 17 heavy (non-hydrogen) atoms. The van der Waals surface area contributed by atoms with Crippen molar-refractivity contribution in [3.05, 3.63) is 64.1 Å². The lowest BCUT2D eigenvalue weighted by molar-refractivity contribution is 0.414. The minimum atomic E-state index is 0.0285.